The highest BCUT2D eigenvalue weighted by Crippen LogP contribution is 2.28. The molecule has 0 radical (unpaired) electrons. The molecule has 1 amide bonds. The van der Waals surface area contributed by atoms with Crippen molar-refractivity contribution in [1.82, 2.24) is 14.9 Å². The summed E-state index contributed by atoms with van der Waals surface area (Å²) >= 11 is 6.44. The van der Waals surface area contributed by atoms with Gasteiger partial charge in [-0.2, -0.15) is 0 Å². The first-order chi connectivity index (χ1) is 15.4. The fourth-order valence-electron chi connectivity index (χ4n) is 3.62. The van der Waals surface area contributed by atoms with Crippen molar-refractivity contribution in [2.24, 2.45) is 0 Å². The fraction of sp³-hybridized carbons (Fsp3) is 0.458. The molecule has 0 aliphatic rings. The highest BCUT2D eigenvalue weighted by atomic mass is 35.5. The number of hydrogen-bond acceptors (Lipinski definition) is 5. The first-order valence-electron chi connectivity index (χ1n) is 10.9. The van der Waals surface area contributed by atoms with E-state index in [2.05, 4.69) is 28.8 Å². The zero-order valence-corrected chi connectivity index (χ0v) is 21.7. The van der Waals surface area contributed by atoms with Crippen molar-refractivity contribution in [3.63, 3.8) is 0 Å². The molecule has 33 heavy (non-hydrogen) atoms. The third kappa shape index (κ3) is 7.17. The van der Waals surface area contributed by atoms with Gasteiger partial charge in [-0.15, -0.1) is 0 Å². The van der Waals surface area contributed by atoms with Crippen LogP contribution in [-0.2, 0) is 10.0 Å². The van der Waals surface area contributed by atoms with Gasteiger partial charge in [0.25, 0.3) is 5.91 Å². The molecule has 9 heteroatoms. The summed E-state index contributed by atoms with van der Waals surface area (Å²) in [6.07, 6.45) is 0. The molecular weight excluding hydrogens is 462 g/mol. The van der Waals surface area contributed by atoms with Crippen molar-refractivity contribution in [3.05, 3.63) is 58.6 Å². The molecule has 2 aromatic rings. The highest BCUT2D eigenvalue weighted by molar-refractivity contribution is 7.89. The molecule has 0 saturated carbocycles. The molecule has 0 saturated heterocycles. The number of likely N-dealkylation sites (N-methyl/N-ethyl adjacent to an activating group) is 1. The predicted octanol–water partition coefficient (Wildman–Crippen LogP) is 4.24. The van der Waals surface area contributed by atoms with Crippen molar-refractivity contribution in [3.8, 4) is 5.75 Å². The maximum absolute atomic E-state index is 13.0. The number of carbonyl (C=O) groups is 1. The quantitative estimate of drug-likeness (QED) is 0.514. The lowest BCUT2D eigenvalue weighted by Crippen LogP contribution is -2.40. The van der Waals surface area contributed by atoms with Crippen LogP contribution < -0.4 is 14.8 Å². The molecule has 0 aliphatic carbocycles. The van der Waals surface area contributed by atoms with Gasteiger partial charge in [0.05, 0.1) is 13.2 Å². The number of ether oxygens (including phenoxy) is 1. The van der Waals surface area contributed by atoms with Gasteiger partial charge >= 0.3 is 0 Å². The van der Waals surface area contributed by atoms with Crippen molar-refractivity contribution in [2.75, 3.05) is 26.7 Å². The number of nitrogens with one attached hydrogen (secondary N) is 2. The van der Waals surface area contributed by atoms with E-state index in [1.165, 1.54) is 19.2 Å². The van der Waals surface area contributed by atoms with Gasteiger partial charge in [0.15, 0.2) is 0 Å². The molecule has 1 unspecified atom stereocenters. The average Bonchev–Trinajstić information content (AvgIpc) is 2.75. The Morgan fingerprint density at radius 3 is 2.30 bits per heavy atom. The van der Waals surface area contributed by atoms with Crippen LogP contribution >= 0.6 is 11.6 Å². The Kier molecular flexibility index (Phi) is 9.31. The molecule has 0 aromatic heterocycles. The van der Waals surface area contributed by atoms with Crippen molar-refractivity contribution in [2.45, 2.75) is 51.1 Å². The summed E-state index contributed by atoms with van der Waals surface area (Å²) in [7, 11) is -2.51. The van der Waals surface area contributed by atoms with Crippen molar-refractivity contribution >= 4 is 27.5 Å². The zero-order chi connectivity index (χ0) is 24.8. The monoisotopic (exact) mass is 495 g/mol. The van der Waals surface area contributed by atoms with Crippen LogP contribution in [0.5, 0.6) is 5.75 Å². The van der Waals surface area contributed by atoms with Crippen LogP contribution in [0.25, 0.3) is 0 Å². The van der Waals surface area contributed by atoms with Gasteiger partial charge in [0, 0.05) is 22.7 Å². The topological polar surface area (TPSA) is 87.7 Å². The molecule has 182 valence electrons. The maximum Gasteiger partial charge on any atom is 0.251 e. The lowest BCUT2D eigenvalue weighted by molar-refractivity contribution is 0.0934. The molecule has 0 spiro atoms. The van der Waals surface area contributed by atoms with E-state index in [1.807, 2.05) is 24.3 Å². The Hall–Kier alpha value is -2.13. The van der Waals surface area contributed by atoms with Crippen LogP contribution in [0.15, 0.2) is 47.4 Å². The van der Waals surface area contributed by atoms with Crippen LogP contribution in [0, 0.1) is 0 Å². The van der Waals surface area contributed by atoms with Gasteiger partial charge < -0.3 is 10.1 Å². The van der Waals surface area contributed by atoms with E-state index >= 15 is 0 Å². The smallest absolute Gasteiger partial charge is 0.251 e. The number of hydrogen-bond donors (Lipinski definition) is 2. The van der Waals surface area contributed by atoms with Gasteiger partial charge in [0.2, 0.25) is 10.0 Å². The first-order valence-corrected chi connectivity index (χ1v) is 12.8. The minimum Gasteiger partial charge on any atom is -0.495 e. The van der Waals surface area contributed by atoms with Crippen molar-refractivity contribution in [1.29, 1.82) is 0 Å². The van der Waals surface area contributed by atoms with E-state index in [4.69, 9.17) is 16.3 Å². The molecule has 2 aromatic carbocycles. The third-order valence-corrected chi connectivity index (χ3v) is 7.25. The summed E-state index contributed by atoms with van der Waals surface area (Å²) in [6, 6.07) is 11.8. The van der Waals surface area contributed by atoms with E-state index in [1.54, 1.807) is 26.8 Å². The van der Waals surface area contributed by atoms with E-state index in [0.29, 0.717) is 11.6 Å². The van der Waals surface area contributed by atoms with Crippen LogP contribution in [-0.4, -0.2) is 51.5 Å². The van der Waals surface area contributed by atoms with Gasteiger partial charge in [-0.3, -0.25) is 9.69 Å². The molecule has 2 rings (SSSR count). The second kappa shape index (κ2) is 11.3. The number of rotatable bonds is 10. The summed E-state index contributed by atoms with van der Waals surface area (Å²) in [6.45, 7) is 11.2. The SMILES string of the molecule is CCN(CC)C(CNC(=O)c1ccc(OC)c(S(=O)(=O)NC(C)(C)C)c1)c1ccccc1Cl. The van der Waals surface area contributed by atoms with E-state index < -0.39 is 15.6 Å². The Balaban J connectivity index is 2.33. The minimum absolute atomic E-state index is 0.0843. The van der Waals surface area contributed by atoms with E-state index in [-0.39, 0.29) is 28.2 Å². The number of sulfonamides is 1. The van der Waals surface area contributed by atoms with Crippen LogP contribution in [0.4, 0.5) is 0 Å². The highest BCUT2D eigenvalue weighted by Gasteiger charge is 2.27. The number of amides is 1. The van der Waals surface area contributed by atoms with Crippen LogP contribution in [0.2, 0.25) is 5.02 Å². The molecule has 0 bridgehead atoms. The number of halogens is 1. The fourth-order valence-corrected chi connectivity index (χ4v) is 5.50. The largest absolute Gasteiger partial charge is 0.495 e. The molecular formula is C24H34ClN3O4S. The summed E-state index contributed by atoms with van der Waals surface area (Å²) in [5, 5.41) is 3.58. The summed E-state index contributed by atoms with van der Waals surface area (Å²) in [5.74, 6) is -0.213. The van der Waals surface area contributed by atoms with Gasteiger partial charge in [0.1, 0.15) is 10.6 Å². The van der Waals surface area contributed by atoms with Gasteiger partial charge in [-0.05, 0) is 63.7 Å². The number of carbonyl (C=O) groups excluding carboxylic acids is 1. The first kappa shape index (κ1) is 27.1. The summed E-state index contributed by atoms with van der Waals surface area (Å²) in [5.41, 5.74) is 0.465. The predicted molar refractivity (Wildman–Crippen MR) is 133 cm³/mol. The molecule has 0 aliphatic heterocycles. The van der Waals surface area contributed by atoms with Crippen LogP contribution in [0.1, 0.15) is 56.6 Å². The van der Waals surface area contributed by atoms with Crippen LogP contribution in [0.3, 0.4) is 0 Å². The Morgan fingerprint density at radius 2 is 1.76 bits per heavy atom. The van der Waals surface area contributed by atoms with E-state index in [0.717, 1.165) is 18.7 Å². The lowest BCUT2D eigenvalue weighted by atomic mass is 10.0. The average molecular weight is 496 g/mol. The number of benzene rings is 2. The molecule has 0 fully saturated rings. The van der Waals surface area contributed by atoms with Crippen molar-refractivity contribution < 1.29 is 17.9 Å². The summed E-state index contributed by atoms with van der Waals surface area (Å²) in [4.78, 5) is 15.1. The maximum atomic E-state index is 13.0. The Morgan fingerprint density at radius 1 is 1.12 bits per heavy atom. The third-order valence-electron chi connectivity index (χ3n) is 5.13. The Labute approximate surface area is 202 Å². The second-order valence-corrected chi connectivity index (χ2v) is 10.7. The van der Waals surface area contributed by atoms with E-state index in [9.17, 15) is 13.2 Å². The second-order valence-electron chi connectivity index (χ2n) is 8.69. The van der Waals surface area contributed by atoms with Gasteiger partial charge in [-0.1, -0.05) is 43.6 Å². The number of methoxy groups -OCH3 is 1. The zero-order valence-electron chi connectivity index (χ0n) is 20.1. The molecule has 2 N–H and O–H groups in total. The molecule has 1 atom stereocenters. The number of nitrogens with zero attached hydrogens (tertiary/aromatic N) is 1. The molecule has 7 nitrogen and oxygen atoms in total. The molecule has 0 heterocycles. The Bertz CT molecular complexity index is 1060. The van der Waals surface area contributed by atoms with Gasteiger partial charge in [-0.25, -0.2) is 13.1 Å². The summed E-state index contributed by atoms with van der Waals surface area (Å²) < 4.78 is 33.7. The standard InChI is InChI=1S/C24H34ClN3O4S/c1-7-28(8-2)20(18-11-9-10-12-19(18)25)16-26-23(29)17-13-14-21(32-6)22(15-17)33(30,31)27-24(3,4)5/h9-15,20,27H,7-8,16H2,1-6H3,(H,26,29). The lowest BCUT2D eigenvalue weighted by Gasteiger charge is -2.31. The normalized spacial score (nSPS) is 13.1. The minimum atomic E-state index is -3.90.